The summed E-state index contributed by atoms with van der Waals surface area (Å²) in [6, 6.07) is 5.87. The van der Waals surface area contributed by atoms with Gasteiger partial charge in [-0.15, -0.1) is 0 Å². The summed E-state index contributed by atoms with van der Waals surface area (Å²) in [5.74, 6) is 0.502. The van der Waals surface area contributed by atoms with Crippen molar-refractivity contribution in [1.82, 2.24) is 29.8 Å². The Morgan fingerprint density at radius 3 is 2.85 bits per heavy atom. The number of methoxy groups -OCH3 is 1. The molecule has 1 amide bonds. The number of rotatable bonds is 6. The summed E-state index contributed by atoms with van der Waals surface area (Å²) in [5.41, 5.74) is 10.0. The molecule has 1 aliphatic carbocycles. The van der Waals surface area contributed by atoms with E-state index in [1.807, 2.05) is 22.8 Å². The van der Waals surface area contributed by atoms with Gasteiger partial charge in [-0.2, -0.15) is 0 Å². The minimum Gasteiger partial charge on any atom is -0.382 e. The van der Waals surface area contributed by atoms with E-state index in [4.69, 9.17) is 22.1 Å². The predicted octanol–water partition coefficient (Wildman–Crippen LogP) is 3.41. The maximum atomic E-state index is 12.6. The normalized spacial score (nSPS) is 18.7. The number of anilines is 1. The molecule has 0 unspecified atom stereocenters. The molecule has 1 aliphatic rings. The van der Waals surface area contributed by atoms with Crippen LogP contribution < -0.4 is 11.1 Å². The highest BCUT2D eigenvalue weighted by Gasteiger charge is 2.26. The second-order valence-corrected chi connectivity index (χ2v) is 8.99. The molecule has 0 saturated heterocycles. The first-order valence-electron chi connectivity index (χ1n) is 11.0. The van der Waals surface area contributed by atoms with E-state index in [0.29, 0.717) is 35.1 Å². The van der Waals surface area contributed by atoms with Crippen LogP contribution in [0.4, 0.5) is 5.82 Å². The fourth-order valence-corrected chi connectivity index (χ4v) is 4.89. The smallest absolute Gasteiger partial charge is 0.223 e. The molecule has 4 N–H and O–H groups in total. The van der Waals surface area contributed by atoms with Crippen LogP contribution in [-0.2, 0) is 22.6 Å². The molecule has 172 valence electrons. The Bertz CT molecular complexity index is 1310. The standard InChI is InChI=1S/C23H26ClN7O2/c1-33-18-4-2-13(3-5-18)23(32)26-9-17-8-14-6-16(24)7-15(19(14)30-17)10-31-12-29-20-21(25)27-11-28-22(20)31/h6-8,11-13,18,30H,2-5,9-10H2,1H3,(H,26,32)(H2,25,27,28). The number of nitrogens with one attached hydrogen (secondary N) is 2. The van der Waals surface area contributed by atoms with Gasteiger partial charge in [0.1, 0.15) is 11.8 Å². The van der Waals surface area contributed by atoms with Crippen molar-refractivity contribution >= 4 is 45.4 Å². The second kappa shape index (κ2) is 8.99. The zero-order valence-corrected chi connectivity index (χ0v) is 19.1. The molecule has 10 heteroatoms. The Balaban J connectivity index is 1.33. The van der Waals surface area contributed by atoms with E-state index in [1.165, 1.54) is 6.33 Å². The van der Waals surface area contributed by atoms with E-state index in [9.17, 15) is 4.79 Å². The molecular formula is C23H26ClN7O2. The van der Waals surface area contributed by atoms with E-state index in [2.05, 4.69) is 25.3 Å². The number of aromatic amines is 1. The van der Waals surface area contributed by atoms with Crippen molar-refractivity contribution < 1.29 is 9.53 Å². The number of H-pyrrole nitrogens is 1. The molecule has 1 aromatic carbocycles. The Hall–Kier alpha value is -3.17. The number of carbonyl (C=O) groups excluding carboxylic acids is 1. The van der Waals surface area contributed by atoms with Crippen LogP contribution in [0.2, 0.25) is 5.02 Å². The molecule has 0 spiro atoms. The van der Waals surface area contributed by atoms with Gasteiger partial charge in [0.2, 0.25) is 5.91 Å². The van der Waals surface area contributed by atoms with Crippen LogP contribution in [0, 0.1) is 5.92 Å². The first-order valence-corrected chi connectivity index (χ1v) is 11.4. The lowest BCUT2D eigenvalue weighted by Gasteiger charge is -2.26. The van der Waals surface area contributed by atoms with Gasteiger partial charge in [-0.1, -0.05) is 11.6 Å². The molecule has 33 heavy (non-hydrogen) atoms. The number of nitrogens with two attached hydrogens (primary N) is 1. The van der Waals surface area contributed by atoms with Crippen molar-refractivity contribution in [2.45, 2.75) is 44.9 Å². The van der Waals surface area contributed by atoms with Crippen molar-refractivity contribution in [3.8, 4) is 0 Å². The molecule has 0 bridgehead atoms. The second-order valence-electron chi connectivity index (χ2n) is 8.55. The van der Waals surface area contributed by atoms with Crippen LogP contribution in [0.3, 0.4) is 0 Å². The van der Waals surface area contributed by atoms with Gasteiger partial charge in [-0.05, 0) is 49.4 Å². The molecule has 5 rings (SSSR count). The Morgan fingerprint density at radius 1 is 1.24 bits per heavy atom. The zero-order valence-electron chi connectivity index (χ0n) is 18.3. The molecule has 3 heterocycles. The summed E-state index contributed by atoms with van der Waals surface area (Å²) in [7, 11) is 1.74. The van der Waals surface area contributed by atoms with Crippen LogP contribution in [0.5, 0.6) is 0 Å². The summed E-state index contributed by atoms with van der Waals surface area (Å²) < 4.78 is 7.32. The fraction of sp³-hybridized carbons (Fsp3) is 0.391. The van der Waals surface area contributed by atoms with Gasteiger partial charge < -0.3 is 25.3 Å². The first kappa shape index (κ1) is 21.7. The van der Waals surface area contributed by atoms with Gasteiger partial charge >= 0.3 is 0 Å². The van der Waals surface area contributed by atoms with Crippen LogP contribution in [0.15, 0.2) is 30.9 Å². The van der Waals surface area contributed by atoms with Gasteiger partial charge in [-0.25, -0.2) is 15.0 Å². The van der Waals surface area contributed by atoms with Crippen LogP contribution in [0.25, 0.3) is 22.1 Å². The highest BCUT2D eigenvalue weighted by molar-refractivity contribution is 6.31. The zero-order chi connectivity index (χ0) is 22.9. The predicted molar refractivity (Wildman–Crippen MR) is 127 cm³/mol. The number of nitrogen functional groups attached to an aromatic ring is 1. The summed E-state index contributed by atoms with van der Waals surface area (Å²) >= 11 is 6.41. The largest absolute Gasteiger partial charge is 0.382 e. The summed E-state index contributed by atoms with van der Waals surface area (Å²) in [6.07, 6.45) is 7.00. The number of hydrogen-bond donors (Lipinski definition) is 3. The number of imidazole rings is 1. The van der Waals surface area contributed by atoms with Crippen LogP contribution in [0.1, 0.15) is 36.9 Å². The van der Waals surface area contributed by atoms with E-state index in [-0.39, 0.29) is 17.9 Å². The van der Waals surface area contributed by atoms with E-state index >= 15 is 0 Å². The molecule has 0 aliphatic heterocycles. The minimum absolute atomic E-state index is 0.0507. The first-order chi connectivity index (χ1) is 16.0. The quantitative estimate of drug-likeness (QED) is 0.399. The fourth-order valence-electron chi connectivity index (χ4n) is 4.64. The molecular weight excluding hydrogens is 442 g/mol. The minimum atomic E-state index is 0.0507. The van der Waals surface area contributed by atoms with Crippen LogP contribution in [-0.4, -0.2) is 43.6 Å². The summed E-state index contributed by atoms with van der Waals surface area (Å²) in [6.45, 7) is 0.950. The van der Waals surface area contributed by atoms with Gasteiger partial charge in [0, 0.05) is 29.1 Å². The van der Waals surface area contributed by atoms with Gasteiger partial charge in [0.15, 0.2) is 11.5 Å². The van der Waals surface area contributed by atoms with Gasteiger partial charge in [-0.3, -0.25) is 4.79 Å². The summed E-state index contributed by atoms with van der Waals surface area (Å²) in [5, 5.41) is 4.71. The number of carbonyl (C=O) groups is 1. The maximum absolute atomic E-state index is 12.6. The van der Waals surface area contributed by atoms with E-state index in [0.717, 1.165) is 47.8 Å². The topological polar surface area (TPSA) is 124 Å². The Kier molecular flexibility index (Phi) is 5.90. The highest BCUT2D eigenvalue weighted by Crippen LogP contribution is 2.28. The number of halogens is 1. The molecule has 3 aromatic heterocycles. The third-order valence-electron chi connectivity index (χ3n) is 6.43. The average Bonchev–Trinajstić information content (AvgIpc) is 3.42. The maximum Gasteiger partial charge on any atom is 0.223 e. The number of amides is 1. The summed E-state index contributed by atoms with van der Waals surface area (Å²) in [4.78, 5) is 28.8. The number of nitrogens with zero attached hydrogens (tertiary/aromatic N) is 4. The number of aromatic nitrogens is 5. The molecule has 1 saturated carbocycles. The number of hydrogen-bond acceptors (Lipinski definition) is 6. The van der Waals surface area contributed by atoms with Gasteiger partial charge in [0.05, 0.1) is 31.0 Å². The Morgan fingerprint density at radius 2 is 2.06 bits per heavy atom. The lowest BCUT2D eigenvalue weighted by molar-refractivity contribution is -0.126. The molecule has 0 radical (unpaired) electrons. The van der Waals surface area contributed by atoms with Crippen molar-refractivity contribution in [2.75, 3.05) is 12.8 Å². The van der Waals surface area contributed by atoms with Crippen molar-refractivity contribution in [1.29, 1.82) is 0 Å². The van der Waals surface area contributed by atoms with E-state index < -0.39 is 0 Å². The van der Waals surface area contributed by atoms with Crippen molar-refractivity contribution in [3.05, 3.63) is 47.1 Å². The third-order valence-corrected chi connectivity index (χ3v) is 6.65. The molecule has 1 fully saturated rings. The Labute approximate surface area is 195 Å². The van der Waals surface area contributed by atoms with Crippen LogP contribution >= 0.6 is 11.6 Å². The SMILES string of the molecule is COC1CCC(C(=O)NCc2cc3cc(Cl)cc(Cn4cnc5c(N)ncnc54)c3[nH]2)CC1. The van der Waals surface area contributed by atoms with Crippen molar-refractivity contribution in [3.63, 3.8) is 0 Å². The molecule has 9 nitrogen and oxygen atoms in total. The highest BCUT2D eigenvalue weighted by atomic mass is 35.5. The monoisotopic (exact) mass is 467 g/mol. The van der Waals surface area contributed by atoms with Gasteiger partial charge in [0.25, 0.3) is 0 Å². The third kappa shape index (κ3) is 4.38. The average molecular weight is 468 g/mol. The number of ether oxygens (including phenoxy) is 1. The van der Waals surface area contributed by atoms with E-state index in [1.54, 1.807) is 13.4 Å². The van der Waals surface area contributed by atoms with Crippen molar-refractivity contribution in [2.24, 2.45) is 5.92 Å². The lowest BCUT2D eigenvalue weighted by Crippen LogP contribution is -2.34. The number of fused-ring (bicyclic) bond motifs is 2. The molecule has 4 aromatic rings. The lowest BCUT2D eigenvalue weighted by atomic mass is 9.87. The molecule has 0 atom stereocenters. The number of benzene rings is 1.